The predicted molar refractivity (Wildman–Crippen MR) is 86.8 cm³/mol. The van der Waals surface area contributed by atoms with Crippen LogP contribution < -0.4 is 0 Å². The van der Waals surface area contributed by atoms with Crippen molar-refractivity contribution in [1.29, 1.82) is 0 Å². The summed E-state index contributed by atoms with van der Waals surface area (Å²) in [6, 6.07) is 2.25. The second kappa shape index (κ2) is 7.92. The lowest BCUT2D eigenvalue weighted by Crippen LogP contribution is -2.49. The summed E-state index contributed by atoms with van der Waals surface area (Å²) >= 11 is 1.84. The van der Waals surface area contributed by atoms with Gasteiger partial charge in [-0.3, -0.25) is 9.69 Å². The van der Waals surface area contributed by atoms with Crippen molar-refractivity contribution in [2.45, 2.75) is 33.1 Å². The Balaban J connectivity index is 1.69. The number of rotatable bonds is 6. The molecule has 0 bridgehead atoms. The van der Waals surface area contributed by atoms with Gasteiger partial charge in [0.05, 0.1) is 6.61 Å². The number of aryl methyl sites for hydroxylation is 3. The minimum Gasteiger partial charge on any atom is -0.395 e. The van der Waals surface area contributed by atoms with Crippen molar-refractivity contribution >= 4 is 17.2 Å². The van der Waals surface area contributed by atoms with Crippen LogP contribution in [0.2, 0.25) is 0 Å². The average Bonchev–Trinajstić information content (AvgIpc) is 2.78. The normalized spacial score (nSPS) is 16.4. The number of hydrogen-bond acceptors (Lipinski definition) is 4. The van der Waals surface area contributed by atoms with Crippen LogP contribution in [-0.2, 0) is 11.2 Å². The first kappa shape index (κ1) is 16.5. The number of hydrogen-bond donors (Lipinski definition) is 1. The molecule has 0 aromatic carbocycles. The van der Waals surface area contributed by atoms with Gasteiger partial charge in [0.1, 0.15) is 0 Å². The summed E-state index contributed by atoms with van der Waals surface area (Å²) in [6.07, 6.45) is 2.59. The van der Waals surface area contributed by atoms with E-state index in [9.17, 15) is 4.79 Å². The molecule has 1 aromatic rings. The van der Waals surface area contributed by atoms with Crippen molar-refractivity contribution in [3.63, 3.8) is 0 Å². The topological polar surface area (TPSA) is 43.8 Å². The molecule has 1 aliphatic heterocycles. The van der Waals surface area contributed by atoms with Gasteiger partial charge in [0.2, 0.25) is 5.91 Å². The molecule has 0 saturated carbocycles. The molecule has 118 valence electrons. The number of aliphatic hydroxyl groups is 1. The maximum absolute atomic E-state index is 12.2. The largest absolute Gasteiger partial charge is 0.395 e. The van der Waals surface area contributed by atoms with E-state index < -0.39 is 0 Å². The zero-order valence-electron chi connectivity index (χ0n) is 13.1. The van der Waals surface area contributed by atoms with Gasteiger partial charge in [0, 0.05) is 48.9 Å². The highest BCUT2D eigenvalue weighted by Gasteiger charge is 2.20. The molecule has 0 unspecified atom stereocenters. The lowest BCUT2D eigenvalue weighted by atomic mass is 10.1. The zero-order valence-corrected chi connectivity index (χ0v) is 13.9. The molecule has 4 nitrogen and oxygen atoms in total. The Labute approximate surface area is 131 Å². The number of aliphatic hydroxyl groups excluding tert-OH is 1. The Hall–Kier alpha value is -0.910. The van der Waals surface area contributed by atoms with Gasteiger partial charge < -0.3 is 10.0 Å². The summed E-state index contributed by atoms with van der Waals surface area (Å²) in [5.41, 5.74) is 1.40. The molecule has 1 aromatic heterocycles. The molecular weight excluding hydrogens is 284 g/mol. The number of nitrogens with zero attached hydrogens (tertiary/aromatic N) is 2. The van der Waals surface area contributed by atoms with Gasteiger partial charge in [-0.15, -0.1) is 11.3 Å². The fourth-order valence-corrected chi connectivity index (χ4v) is 3.86. The molecular formula is C16H26N2O2S. The van der Waals surface area contributed by atoms with Crippen LogP contribution >= 0.6 is 11.3 Å². The van der Waals surface area contributed by atoms with Gasteiger partial charge in [0.15, 0.2) is 0 Å². The summed E-state index contributed by atoms with van der Waals surface area (Å²) in [7, 11) is 0. The van der Waals surface area contributed by atoms with Gasteiger partial charge >= 0.3 is 0 Å². The van der Waals surface area contributed by atoms with Gasteiger partial charge in [-0.25, -0.2) is 0 Å². The van der Waals surface area contributed by atoms with Crippen LogP contribution in [0.5, 0.6) is 0 Å². The van der Waals surface area contributed by atoms with Crippen LogP contribution in [-0.4, -0.2) is 60.1 Å². The summed E-state index contributed by atoms with van der Waals surface area (Å²) in [5.74, 6) is 0.281. The zero-order chi connectivity index (χ0) is 15.2. The van der Waals surface area contributed by atoms with E-state index in [-0.39, 0.29) is 12.5 Å². The Morgan fingerprint density at radius 3 is 2.57 bits per heavy atom. The molecule has 1 saturated heterocycles. The molecule has 1 fully saturated rings. The molecule has 0 spiro atoms. The van der Waals surface area contributed by atoms with E-state index >= 15 is 0 Å². The molecule has 1 aliphatic rings. The minimum atomic E-state index is 0.202. The molecule has 2 rings (SSSR count). The van der Waals surface area contributed by atoms with Crippen LogP contribution in [0.1, 0.15) is 28.2 Å². The van der Waals surface area contributed by atoms with E-state index in [1.165, 1.54) is 15.3 Å². The number of thiophene rings is 1. The first-order chi connectivity index (χ1) is 10.1. The van der Waals surface area contributed by atoms with E-state index in [2.05, 4.69) is 24.8 Å². The van der Waals surface area contributed by atoms with Crippen LogP contribution in [0.4, 0.5) is 0 Å². The maximum atomic E-state index is 12.2. The third-order valence-electron chi connectivity index (χ3n) is 4.12. The van der Waals surface area contributed by atoms with E-state index in [1.807, 2.05) is 16.2 Å². The molecule has 2 heterocycles. The molecule has 0 atom stereocenters. The quantitative estimate of drug-likeness (QED) is 0.872. The number of carbonyl (C=O) groups excluding carboxylic acids is 1. The first-order valence-corrected chi connectivity index (χ1v) is 8.58. The fraction of sp³-hybridized carbons (Fsp3) is 0.688. The van der Waals surface area contributed by atoms with Crippen molar-refractivity contribution in [2.24, 2.45) is 0 Å². The SMILES string of the molecule is Cc1cc(CCCC(=O)N2CCN(CCO)CC2)c(C)s1. The van der Waals surface area contributed by atoms with Crippen molar-refractivity contribution in [1.82, 2.24) is 9.80 Å². The molecule has 1 amide bonds. The number of carbonyl (C=O) groups is 1. The number of β-amino-alcohol motifs (C(OH)–C–C–N with tert-alkyl or cyclic N) is 1. The Morgan fingerprint density at radius 1 is 1.29 bits per heavy atom. The molecule has 5 heteroatoms. The maximum Gasteiger partial charge on any atom is 0.222 e. The van der Waals surface area contributed by atoms with E-state index in [4.69, 9.17) is 5.11 Å². The smallest absolute Gasteiger partial charge is 0.222 e. The summed E-state index contributed by atoms with van der Waals surface area (Å²) in [6.45, 7) is 8.59. The molecule has 21 heavy (non-hydrogen) atoms. The second-order valence-corrected chi connectivity index (χ2v) is 7.20. The third kappa shape index (κ3) is 4.80. The number of piperazine rings is 1. The van der Waals surface area contributed by atoms with Crippen molar-refractivity contribution in [3.8, 4) is 0 Å². The highest BCUT2D eigenvalue weighted by Crippen LogP contribution is 2.22. The van der Waals surface area contributed by atoms with Gasteiger partial charge in [-0.2, -0.15) is 0 Å². The van der Waals surface area contributed by atoms with Crippen LogP contribution in [0, 0.1) is 13.8 Å². The first-order valence-electron chi connectivity index (χ1n) is 7.77. The third-order valence-corrected chi connectivity index (χ3v) is 5.13. The minimum absolute atomic E-state index is 0.202. The van der Waals surface area contributed by atoms with Crippen molar-refractivity contribution in [3.05, 3.63) is 21.4 Å². The Morgan fingerprint density at radius 2 is 2.00 bits per heavy atom. The van der Waals surface area contributed by atoms with E-state index in [0.717, 1.165) is 45.6 Å². The standard InChI is InChI=1S/C16H26N2O2S/c1-13-12-15(14(2)21-13)4-3-5-16(20)18-8-6-17(7-9-18)10-11-19/h12,19H,3-11H2,1-2H3. The molecule has 0 radical (unpaired) electrons. The summed E-state index contributed by atoms with van der Waals surface area (Å²) in [4.78, 5) is 19.1. The van der Waals surface area contributed by atoms with E-state index in [0.29, 0.717) is 6.42 Å². The van der Waals surface area contributed by atoms with Gasteiger partial charge in [-0.05, 0) is 38.3 Å². The van der Waals surface area contributed by atoms with Gasteiger partial charge in [0.25, 0.3) is 0 Å². The predicted octanol–water partition coefficient (Wildman–Crippen LogP) is 1.82. The fourth-order valence-electron chi connectivity index (χ4n) is 2.88. The highest BCUT2D eigenvalue weighted by atomic mass is 32.1. The summed E-state index contributed by atoms with van der Waals surface area (Å²) in [5, 5.41) is 8.92. The van der Waals surface area contributed by atoms with Gasteiger partial charge in [-0.1, -0.05) is 0 Å². The van der Waals surface area contributed by atoms with Crippen LogP contribution in [0.25, 0.3) is 0 Å². The monoisotopic (exact) mass is 310 g/mol. The summed E-state index contributed by atoms with van der Waals surface area (Å²) < 4.78 is 0. The highest BCUT2D eigenvalue weighted by molar-refractivity contribution is 7.12. The van der Waals surface area contributed by atoms with E-state index in [1.54, 1.807) is 0 Å². The molecule has 0 aliphatic carbocycles. The van der Waals surface area contributed by atoms with Crippen LogP contribution in [0.3, 0.4) is 0 Å². The number of amides is 1. The lowest BCUT2D eigenvalue weighted by molar-refractivity contribution is -0.133. The lowest BCUT2D eigenvalue weighted by Gasteiger charge is -2.34. The van der Waals surface area contributed by atoms with Crippen molar-refractivity contribution in [2.75, 3.05) is 39.3 Å². The second-order valence-electron chi connectivity index (χ2n) is 5.74. The Kier molecular flexibility index (Phi) is 6.21. The van der Waals surface area contributed by atoms with Crippen molar-refractivity contribution < 1.29 is 9.90 Å². The Bertz CT molecular complexity index is 465. The average molecular weight is 310 g/mol. The van der Waals surface area contributed by atoms with Crippen LogP contribution in [0.15, 0.2) is 6.07 Å². The molecule has 1 N–H and O–H groups in total.